The minimum atomic E-state index is -0.903. The van der Waals surface area contributed by atoms with Crippen molar-refractivity contribution in [1.29, 1.82) is 0 Å². The van der Waals surface area contributed by atoms with Crippen LogP contribution in [0.15, 0.2) is 42.6 Å². The maximum atomic E-state index is 12.5. The minimum absolute atomic E-state index is 0.354. The molecule has 7 heteroatoms. The molecule has 1 atom stereocenters. The Morgan fingerprint density at radius 1 is 1.14 bits per heavy atom. The van der Waals surface area contributed by atoms with Gasteiger partial charge in [0.2, 0.25) is 0 Å². The highest BCUT2D eigenvalue weighted by molar-refractivity contribution is 5.97. The maximum Gasteiger partial charge on any atom is 0.338 e. The summed E-state index contributed by atoms with van der Waals surface area (Å²) in [6, 6.07) is 10.5. The molecule has 7 nitrogen and oxygen atoms in total. The van der Waals surface area contributed by atoms with Crippen LogP contribution in [0.3, 0.4) is 0 Å². The first kappa shape index (κ1) is 20.3. The first-order valence-electron chi connectivity index (χ1n) is 9.45. The summed E-state index contributed by atoms with van der Waals surface area (Å²) in [5.41, 5.74) is 4.15. The Labute approximate surface area is 169 Å². The van der Waals surface area contributed by atoms with E-state index in [9.17, 15) is 9.59 Å². The van der Waals surface area contributed by atoms with Crippen molar-refractivity contribution in [3.8, 4) is 11.4 Å². The van der Waals surface area contributed by atoms with Crippen LogP contribution in [0, 0.1) is 20.8 Å². The number of ether oxygens (including phenoxy) is 1. The van der Waals surface area contributed by atoms with Crippen molar-refractivity contribution < 1.29 is 14.3 Å². The number of aromatic amines is 1. The van der Waals surface area contributed by atoms with Crippen LogP contribution in [-0.4, -0.2) is 32.9 Å². The molecule has 0 saturated carbocycles. The number of hydrogen-bond acceptors (Lipinski definition) is 5. The fourth-order valence-corrected chi connectivity index (χ4v) is 2.78. The molecule has 0 aliphatic carbocycles. The third-order valence-corrected chi connectivity index (χ3v) is 4.60. The number of amides is 1. The third kappa shape index (κ3) is 4.87. The van der Waals surface area contributed by atoms with Gasteiger partial charge in [-0.2, -0.15) is 0 Å². The van der Waals surface area contributed by atoms with Gasteiger partial charge in [0.25, 0.3) is 5.91 Å². The van der Waals surface area contributed by atoms with Crippen LogP contribution in [0.1, 0.15) is 40.7 Å². The van der Waals surface area contributed by atoms with Gasteiger partial charge in [-0.05, 0) is 57.0 Å². The predicted molar refractivity (Wildman–Crippen MR) is 111 cm³/mol. The number of carbonyl (C=O) groups excluding carboxylic acids is 2. The summed E-state index contributed by atoms with van der Waals surface area (Å²) in [4.78, 5) is 36.7. The fraction of sp³-hybridized carbons (Fsp3) is 0.273. The summed E-state index contributed by atoms with van der Waals surface area (Å²) in [7, 11) is 0. The van der Waals surface area contributed by atoms with E-state index >= 15 is 0 Å². The molecular formula is C22H24N4O3. The Balaban J connectivity index is 1.66. The number of nitrogens with zero attached hydrogens (tertiary/aromatic N) is 2. The molecule has 0 saturated heterocycles. The van der Waals surface area contributed by atoms with Crippen molar-refractivity contribution >= 4 is 17.7 Å². The Morgan fingerprint density at radius 2 is 1.86 bits per heavy atom. The highest BCUT2D eigenvalue weighted by atomic mass is 16.5. The van der Waals surface area contributed by atoms with Crippen LogP contribution >= 0.6 is 0 Å². The summed E-state index contributed by atoms with van der Waals surface area (Å²) in [5.74, 6) is 0.217. The fourth-order valence-electron chi connectivity index (χ4n) is 2.78. The Hall–Kier alpha value is -3.48. The number of rotatable bonds is 6. The second-order valence-corrected chi connectivity index (χ2v) is 6.88. The maximum absolute atomic E-state index is 12.5. The van der Waals surface area contributed by atoms with Gasteiger partial charge in [0.05, 0.1) is 11.3 Å². The zero-order valence-electron chi connectivity index (χ0n) is 16.9. The number of H-pyrrole nitrogens is 1. The standard InChI is InChI=1S/C22H24N4O3/c1-5-18(21(27)26-19-12-13(2)10-11-23-19)29-22(28)17-8-6-16(7-9-17)20-24-14(3)15(4)25-20/h6-12,18H,5H2,1-4H3,(H,24,25)(H,23,26,27). The largest absolute Gasteiger partial charge is 0.449 e. The number of anilines is 1. The summed E-state index contributed by atoms with van der Waals surface area (Å²) in [5, 5.41) is 2.69. The normalized spacial score (nSPS) is 11.7. The molecule has 3 aromatic rings. The molecule has 1 unspecified atom stereocenters. The van der Waals surface area contributed by atoms with E-state index in [4.69, 9.17) is 4.74 Å². The van der Waals surface area contributed by atoms with Crippen LogP contribution in [0.4, 0.5) is 5.82 Å². The molecular weight excluding hydrogens is 368 g/mol. The van der Waals surface area contributed by atoms with Crippen molar-refractivity contribution in [3.05, 3.63) is 65.1 Å². The van der Waals surface area contributed by atoms with Crippen molar-refractivity contribution in [2.24, 2.45) is 0 Å². The van der Waals surface area contributed by atoms with Crippen LogP contribution in [-0.2, 0) is 9.53 Å². The van der Waals surface area contributed by atoms with Crippen molar-refractivity contribution in [3.63, 3.8) is 0 Å². The van der Waals surface area contributed by atoms with Crippen LogP contribution in [0.2, 0.25) is 0 Å². The number of aryl methyl sites for hydroxylation is 3. The number of aromatic nitrogens is 3. The van der Waals surface area contributed by atoms with E-state index in [-0.39, 0.29) is 0 Å². The Morgan fingerprint density at radius 3 is 2.45 bits per heavy atom. The van der Waals surface area contributed by atoms with E-state index in [0.29, 0.717) is 17.8 Å². The average Bonchev–Trinajstić information content (AvgIpc) is 3.04. The molecule has 0 radical (unpaired) electrons. The van der Waals surface area contributed by atoms with Gasteiger partial charge in [0, 0.05) is 17.5 Å². The second-order valence-electron chi connectivity index (χ2n) is 6.88. The number of carbonyl (C=O) groups is 2. The molecule has 2 aromatic heterocycles. The van der Waals surface area contributed by atoms with Gasteiger partial charge in [-0.25, -0.2) is 14.8 Å². The predicted octanol–water partition coefficient (Wildman–Crippen LogP) is 3.97. The summed E-state index contributed by atoms with van der Waals surface area (Å²) >= 11 is 0. The third-order valence-electron chi connectivity index (χ3n) is 4.60. The first-order chi connectivity index (χ1) is 13.9. The zero-order valence-corrected chi connectivity index (χ0v) is 16.9. The lowest BCUT2D eigenvalue weighted by Gasteiger charge is -2.16. The van der Waals surface area contributed by atoms with Gasteiger partial charge >= 0.3 is 5.97 Å². The topological polar surface area (TPSA) is 97.0 Å². The zero-order chi connectivity index (χ0) is 21.0. The van der Waals surface area contributed by atoms with Gasteiger partial charge < -0.3 is 15.0 Å². The van der Waals surface area contributed by atoms with Crippen LogP contribution in [0.25, 0.3) is 11.4 Å². The monoisotopic (exact) mass is 392 g/mol. The lowest BCUT2D eigenvalue weighted by Crippen LogP contribution is -2.32. The van der Waals surface area contributed by atoms with Gasteiger partial charge in [-0.15, -0.1) is 0 Å². The van der Waals surface area contributed by atoms with Crippen molar-refractivity contribution in [2.45, 2.75) is 40.2 Å². The lowest BCUT2D eigenvalue weighted by molar-refractivity contribution is -0.124. The van der Waals surface area contributed by atoms with E-state index in [1.54, 1.807) is 43.5 Å². The SMILES string of the molecule is CCC(OC(=O)c1ccc(-c2nc(C)c(C)[nH]2)cc1)C(=O)Nc1cc(C)ccn1. The van der Waals surface area contributed by atoms with Crippen molar-refractivity contribution in [2.75, 3.05) is 5.32 Å². The smallest absolute Gasteiger partial charge is 0.338 e. The van der Waals surface area contributed by atoms with E-state index in [0.717, 1.165) is 28.3 Å². The number of imidazole rings is 1. The number of pyridine rings is 1. The number of esters is 1. The average molecular weight is 392 g/mol. The molecule has 29 heavy (non-hydrogen) atoms. The van der Waals surface area contributed by atoms with E-state index < -0.39 is 18.0 Å². The highest BCUT2D eigenvalue weighted by Gasteiger charge is 2.22. The minimum Gasteiger partial charge on any atom is -0.449 e. The van der Waals surface area contributed by atoms with Gasteiger partial charge in [-0.1, -0.05) is 19.1 Å². The molecule has 1 aromatic carbocycles. The van der Waals surface area contributed by atoms with E-state index in [1.807, 2.05) is 26.8 Å². The number of benzene rings is 1. The van der Waals surface area contributed by atoms with Crippen molar-refractivity contribution in [1.82, 2.24) is 15.0 Å². The number of nitrogens with one attached hydrogen (secondary N) is 2. The van der Waals surface area contributed by atoms with Gasteiger partial charge in [0.1, 0.15) is 11.6 Å². The van der Waals surface area contributed by atoms with Gasteiger partial charge in [-0.3, -0.25) is 4.79 Å². The Kier molecular flexibility index (Phi) is 6.07. The van der Waals surface area contributed by atoms with E-state index in [2.05, 4.69) is 20.3 Å². The molecule has 150 valence electrons. The summed E-state index contributed by atoms with van der Waals surface area (Å²) < 4.78 is 5.42. The lowest BCUT2D eigenvalue weighted by atomic mass is 10.1. The highest BCUT2D eigenvalue weighted by Crippen LogP contribution is 2.19. The molecule has 0 aliphatic rings. The quantitative estimate of drug-likeness (QED) is 0.619. The molecule has 2 N–H and O–H groups in total. The van der Waals surface area contributed by atoms with E-state index in [1.165, 1.54) is 0 Å². The first-order valence-corrected chi connectivity index (χ1v) is 9.45. The number of hydrogen-bond donors (Lipinski definition) is 2. The molecule has 0 spiro atoms. The summed E-state index contributed by atoms with van der Waals surface area (Å²) in [6.07, 6.45) is 1.06. The molecule has 3 rings (SSSR count). The van der Waals surface area contributed by atoms with Gasteiger partial charge in [0.15, 0.2) is 6.10 Å². The molecule has 2 heterocycles. The molecule has 1 amide bonds. The van der Waals surface area contributed by atoms with Crippen LogP contribution in [0.5, 0.6) is 0 Å². The molecule has 0 aliphatic heterocycles. The molecule has 0 fully saturated rings. The Bertz CT molecular complexity index is 1010. The van der Waals surface area contributed by atoms with Crippen LogP contribution < -0.4 is 5.32 Å². The summed E-state index contributed by atoms with van der Waals surface area (Å²) in [6.45, 7) is 7.58. The second kappa shape index (κ2) is 8.68. The molecule has 0 bridgehead atoms.